The zero-order valence-electron chi connectivity index (χ0n) is 21.1. The highest BCUT2D eigenvalue weighted by Crippen LogP contribution is 2.42. The van der Waals surface area contributed by atoms with Gasteiger partial charge in [0.05, 0.1) is 30.4 Å². The summed E-state index contributed by atoms with van der Waals surface area (Å²) in [5, 5.41) is 11.3. The molecular weight excluding hydrogens is 470 g/mol. The number of anilines is 1. The zero-order valence-corrected chi connectivity index (χ0v) is 21.1. The van der Waals surface area contributed by atoms with Crippen molar-refractivity contribution >= 4 is 29.1 Å². The third kappa shape index (κ3) is 5.26. The molecule has 7 heteroatoms. The number of benzene rings is 3. The number of ketones is 1. The number of ether oxygens (including phenoxy) is 2. The number of amides is 1. The minimum absolute atomic E-state index is 0.00816. The molecule has 0 aliphatic carbocycles. The van der Waals surface area contributed by atoms with E-state index in [4.69, 9.17) is 9.47 Å². The van der Waals surface area contributed by atoms with Crippen LogP contribution in [0.4, 0.5) is 5.69 Å². The van der Waals surface area contributed by atoms with Gasteiger partial charge in [-0.15, -0.1) is 0 Å². The first-order valence-electron chi connectivity index (χ1n) is 12.2. The minimum atomic E-state index is -0.857. The Balaban J connectivity index is 1.80. The lowest BCUT2D eigenvalue weighted by molar-refractivity contribution is -0.132. The molecule has 0 spiro atoms. The first kappa shape index (κ1) is 25.7. The van der Waals surface area contributed by atoms with E-state index in [1.165, 1.54) is 4.90 Å². The molecule has 4 rings (SSSR count). The van der Waals surface area contributed by atoms with Crippen molar-refractivity contribution in [3.05, 3.63) is 101 Å². The number of hydrogen-bond acceptors (Lipinski definition) is 6. The van der Waals surface area contributed by atoms with Crippen LogP contribution in [0.1, 0.15) is 53.4 Å². The predicted octanol–water partition coefficient (Wildman–Crippen LogP) is 5.59. The lowest BCUT2D eigenvalue weighted by Gasteiger charge is -2.26. The first-order valence-corrected chi connectivity index (χ1v) is 12.2. The summed E-state index contributed by atoms with van der Waals surface area (Å²) >= 11 is 0. The summed E-state index contributed by atoms with van der Waals surface area (Å²) < 4.78 is 10.7. The van der Waals surface area contributed by atoms with E-state index in [-0.39, 0.29) is 11.3 Å². The van der Waals surface area contributed by atoms with Gasteiger partial charge in [-0.2, -0.15) is 0 Å². The second-order valence-corrected chi connectivity index (χ2v) is 8.72. The maximum atomic E-state index is 13.3. The Labute approximate surface area is 215 Å². The normalized spacial score (nSPS) is 16.6. The Kier molecular flexibility index (Phi) is 7.72. The third-order valence-corrected chi connectivity index (χ3v) is 6.06. The Bertz CT molecular complexity index is 1340. The molecule has 1 saturated heterocycles. The number of Topliss-reactive ketones (excluding diaryl/α,β-unsaturated/α-hetero) is 1. The van der Waals surface area contributed by atoms with Gasteiger partial charge in [-0.05, 0) is 74.4 Å². The van der Waals surface area contributed by atoms with Crippen LogP contribution >= 0.6 is 0 Å². The molecule has 1 N–H and O–H groups in total. The predicted molar refractivity (Wildman–Crippen MR) is 141 cm³/mol. The smallest absolute Gasteiger partial charge is 0.338 e. The number of nitrogens with zero attached hydrogens (tertiary/aromatic N) is 1. The molecule has 1 fully saturated rings. The van der Waals surface area contributed by atoms with Crippen molar-refractivity contribution in [2.75, 3.05) is 18.1 Å². The number of carbonyl (C=O) groups excluding carboxylic acids is 3. The Morgan fingerprint density at radius 3 is 2.24 bits per heavy atom. The second-order valence-electron chi connectivity index (χ2n) is 8.72. The molecule has 190 valence electrons. The average molecular weight is 500 g/mol. The summed E-state index contributed by atoms with van der Waals surface area (Å²) in [6.45, 7) is 6.51. The van der Waals surface area contributed by atoms with Gasteiger partial charge in [0.2, 0.25) is 0 Å². The van der Waals surface area contributed by atoms with Crippen molar-refractivity contribution in [3.8, 4) is 5.75 Å². The lowest BCUT2D eigenvalue weighted by atomic mass is 9.94. The molecule has 1 atom stereocenters. The maximum absolute atomic E-state index is 13.3. The van der Waals surface area contributed by atoms with Gasteiger partial charge in [0, 0.05) is 11.3 Å². The van der Waals surface area contributed by atoms with Crippen molar-refractivity contribution in [1.29, 1.82) is 0 Å². The molecule has 1 aliphatic rings. The molecule has 7 nitrogen and oxygen atoms in total. The largest absolute Gasteiger partial charge is 0.507 e. The lowest BCUT2D eigenvalue weighted by Crippen LogP contribution is -2.29. The summed E-state index contributed by atoms with van der Waals surface area (Å²) in [4.78, 5) is 40.3. The van der Waals surface area contributed by atoms with Crippen molar-refractivity contribution < 1.29 is 29.0 Å². The van der Waals surface area contributed by atoms with Crippen LogP contribution in [0.3, 0.4) is 0 Å². The molecule has 1 amide bonds. The molecule has 37 heavy (non-hydrogen) atoms. The monoisotopic (exact) mass is 499 g/mol. The Morgan fingerprint density at radius 2 is 1.62 bits per heavy atom. The highest BCUT2D eigenvalue weighted by atomic mass is 16.5. The van der Waals surface area contributed by atoms with E-state index in [0.29, 0.717) is 47.8 Å². The van der Waals surface area contributed by atoms with E-state index in [0.717, 1.165) is 5.56 Å². The van der Waals surface area contributed by atoms with Crippen LogP contribution in [-0.2, 0) is 14.3 Å². The summed E-state index contributed by atoms with van der Waals surface area (Å²) in [5.74, 6) is -1.65. The quantitative estimate of drug-likeness (QED) is 0.188. The molecule has 0 bridgehead atoms. The number of aliphatic hydroxyl groups excluding tert-OH is 1. The molecule has 0 saturated carbocycles. The fourth-order valence-corrected chi connectivity index (χ4v) is 4.32. The Morgan fingerprint density at radius 1 is 0.946 bits per heavy atom. The number of aliphatic hydroxyl groups is 1. The molecule has 1 heterocycles. The SMILES string of the molecule is CCCOC(=O)c1ccc(N2C(=O)C(=O)/C(=C(/O)c3ccc(OCC)cc3)C2c2cccc(C)c2)cc1. The van der Waals surface area contributed by atoms with E-state index >= 15 is 0 Å². The molecule has 3 aromatic carbocycles. The molecular formula is C30H29NO6. The van der Waals surface area contributed by atoms with Crippen molar-refractivity contribution in [2.45, 2.75) is 33.2 Å². The summed E-state index contributed by atoms with van der Waals surface area (Å²) in [5.41, 5.74) is 2.78. The molecule has 1 unspecified atom stereocenters. The van der Waals surface area contributed by atoms with Crippen molar-refractivity contribution in [3.63, 3.8) is 0 Å². The van der Waals surface area contributed by atoms with Gasteiger partial charge in [0.25, 0.3) is 11.7 Å². The van der Waals surface area contributed by atoms with Gasteiger partial charge in [0.1, 0.15) is 11.5 Å². The summed E-state index contributed by atoms with van der Waals surface area (Å²) in [6.07, 6.45) is 0.708. The fourth-order valence-electron chi connectivity index (χ4n) is 4.32. The fraction of sp³-hybridized carbons (Fsp3) is 0.233. The van der Waals surface area contributed by atoms with Crippen molar-refractivity contribution in [2.24, 2.45) is 0 Å². The summed E-state index contributed by atoms with van der Waals surface area (Å²) in [7, 11) is 0. The highest BCUT2D eigenvalue weighted by Gasteiger charge is 2.47. The van der Waals surface area contributed by atoms with Crippen LogP contribution in [0.25, 0.3) is 5.76 Å². The van der Waals surface area contributed by atoms with Gasteiger partial charge in [-0.3, -0.25) is 14.5 Å². The van der Waals surface area contributed by atoms with E-state index in [1.807, 2.05) is 45.0 Å². The number of carbonyl (C=O) groups is 3. The van der Waals surface area contributed by atoms with Crippen molar-refractivity contribution in [1.82, 2.24) is 0 Å². The molecule has 1 aliphatic heterocycles. The van der Waals surface area contributed by atoms with Gasteiger partial charge in [-0.25, -0.2) is 4.79 Å². The molecule has 3 aromatic rings. The Hall–Kier alpha value is -4.39. The number of esters is 1. The van der Waals surface area contributed by atoms with Gasteiger partial charge in [-0.1, -0.05) is 36.8 Å². The number of aryl methyl sites for hydroxylation is 1. The zero-order chi connectivity index (χ0) is 26.5. The van der Waals surface area contributed by atoms with E-state index < -0.39 is 23.7 Å². The average Bonchev–Trinajstić information content (AvgIpc) is 3.17. The van der Waals surface area contributed by atoms with Crippen LogP contribution in [0.15, 0.2) is 78.4 Å². The first-order chi connectivity index (χ1) is 17.8. The van der Waals surface area contributed by atoms with Gasteiger partial charge in [0.15, 0.2) is 0 Å². The van der Waals surface area contributed by atoms with Gasteiger partial charge < -0.3 is 14.6 Å². The topological polar surface area (TPSA) is 93.1 Å². The van der Waals surface area contributed by atoms with Crippen LogP contribution in [0.5, 0.6) is 5.75 Å². The van der Waals surface area contributed by atoms with Crippen LogP contribution in [-0.4, -0.2) is 36.0 Å². The second kappa shape index (κ2) is 11.1. The molecule has 0 radical (unpaired) electrons. The minimum Gasteiger partial charge on any atom is -0.507 e. The van der Waals surface area contributed by atoms with Gasteiger partial charge >= 0.3 is 5.97 Å². The van der Waals surface area contributed by atoms with Crippen LogP contribution in [0, 0.1) is 6.92 Å². The van der Waals surface area contributed by atoms with E-state index in [9.17, 15) is 19.5 Å². The summed E-state index contributed by atoms with van der Waals surface area (Å²) in [6, 6.07) is 19.6. The third-order valence-electron chi connectivity index (χ3n) is 6.06. The van der Waals surface area contributed by atoms with E-state index in [2.05, 4.69) is 0 Å². The van der Waals surface area contributed by atoms with E-state index in [1.54, 1.807) is 48.5 Å². The van der Waals surface area contributed by atoms with Crippen LogP contribution < -0.4 is 9.64 Å². The number of rotatable bonds is 8. The number of hydrogen-bond donors (Lipinski definition) is 1. The standard InChI is InChI=1S/C30H29NO6/c1-4-17-37-30(35)21-9-13-23(14-10-21)31-26(22-8-6-7-19(3)18-22)25(28(33)29(31)34)27(32)20-11-15-24(16-12-20)36-5-2/h6-16,18,26,32H,4-5,17H2,1-3H3/b27-25+. The van der Waals surface area contributed by atoms with Crippen LogP contribution in [0.2, 0.25) is 0 Å². The maximum Gasteiger partial charge on any atom is 0.338 e. The molecule has 0 aromatic heterocycles. The highest BCUT2D eigenvalue weighted by molar-refractivity contribution is 6.51.